The van der Waals surface area contributed by atoms with Crippen molar-refractivity contribution in [2.45, 2.75) is 32.4 Å². The molecule has 0 radical (unpaired) electrons. The van der Waals surface area contributed by atoms with Gasteiger partial charge in [0.15, 0.2) is 0 Å². The molecule has 1 aliphatic heterocycles. The quantitative estimate of drug-likeness (QED) is 0.818. The van der Waals surface area contributed by atoms with Crippen molar-refractivity contribution in [1.29, 1.82) is 0 Å². The zero-order valence-corrected chi connectivity index (χ0v) is 9.61. The SMILES string of the molecule is CCCNC1CCN(Cc2ccco2)C1=O. The summed E-state index contributed by atoms with van der Waals surface area (Å²) in [7, 11) is 0. The van der Waals surface area contributed by atoms with Crippen molar-refractivity contribution in [2.24, 2.45) is 0 Å². The van der Waals surface area contributed by atoms with Gasteiger partial charge in [0, 0.05) is 6.54 Å². The van der Waals surface area contributed by atoms with Crippen LogP contribution in [0.1, 0.15) is 25.5 Å². The van der Waals surface area contributed by atoms with Crippen LogP contribution in [0.15, 0.2) is 22.8 Å². The molecule has 0 aromatic carbocycles. The van der Waals surface area contributed by atoms with Crippen molar-refractivity contribution in [3.63, 3.8) is 0 Å². The van der Waals surface area contributed by atoms with Gasteiger partial charge in [0.05, 0.1) is 18.8 Å². The van der Waals surface area contributed by atoms with Crippen LogP contribution < -0.4 is 5.32 Å². The fraction of sp³-hybridized carbons (Fsp3) is 0.583. The Balaban J connectivity index is 1.87. The van der Waals surface area contributed by atoms with Gasteiger partial charge in [-0.05, 0) is 31.5 Å². The average Bonchev–Trinajstić information content (AvgIpc) is 2.89. The summed E-state index contributed by atoms with van der Waals surface area (Å²) in [6, 6.07) is 3.76. The molecular formula is C12H18N2O2. The van der Waals surface area contributed by atoms with E-state index in [-0.39, 0.29) is 11.9 Å². The Morgan fingerprint density at radius 2 is 2.50 bits per heavy atom. The Bertz CT molecular complexity index is 335. The molecule has 0 saturated carbocycles. The van der Waals surface area contributed by atoms with Crippen LogP contribution in [0.5, 0.6) is 0 Å². The van der Waals surface area contributed by atoms with Crippen molar-refractivity contribution in [1.82, 2.24) is 10.2 Å². The number of carbonyl (C=O) groups excluding carboxylic acids is 1. The van der Waals surface area contributed by atoms with Gasteiger partial charge in [-0.25, -0.2) is 0 Å². The van der Waals surface area contributed by atoms with Crippen molar-refractivity contribution >= 4 is 5.91 Å². The third-order valence-electron chi connectivity index (χ3n) is 2.86. The Morgan fingerprint density at radius 1 is 1.62 bits per heavy atom. The molecular weight excluding hydrogens is 204 g/mol. The van der Waals surface area contributed by atoms with Crippen LogP contribution in [-0.4, -0.2) is 29.9 Å². The maximum Gasteiger partial charge on any atom is 0.240 e. The molecule has 1 N–H and O–H groups in total. The van der Waals surface area contributed by atoms with Crippen molar-refractivity contribution in [3.8, 4) is 0 Å². The highest BCUT2D eigenvalue weighted by Gasteiger charge is 2.31. The molecule has 1 fully saturated rings. The summed E-state index contributed by atoms with van der Waals surface area (Å²) in [6.45, 7) is 4.43. The lowest BCUT2D eigenvalue weighted by molar-refractivity contribution is -0.130. The number of rotatable bonds is 5. The Labute approximate surface area is 95.6 Å². The largest absolute Gasteiger partial charge is 0.467 e. The average molecular weight is 222 g/mol. The number of nitrogens with zero attached hydrogens (tertiary/aromatic N) is 1. The van der Waals surface area contributed by atoms with E-state index in [2.05, 4.69) is 12.2 Å². The first kappa shape index (κ1) is 11.2. The van der Waals surface area contributed by atoms with Crippen molar-refractivity contribution in [3.05, 3.63) is 24.2 Å². The Morgan fingerprint density at radius 3 is 3.19 bits per heavy atom. The van der Waals surface area contributed by atoms with Gasteiger partial charge in [0.1, 0.15) is 5.76 Å². The standard InChI is InChI=1S/C12H18N2O2/c1-2-6-13-11-5-7-14(12(11)15)9-10-4-3-8-16-10/h3-4,8,11,13H,2,5-7,9H2,1H3. The number of likely N-dealkylation sites (tertiary alicyclic amines) is 1. The normalized spacial score (nSPS) is 20.7. The van der Waals surface area contributed by atoms with Gasteiger partial charge >= 0.3 is 0 Å². The predicted octanol–water partition coefficient (Wildman–Crippen LogP) is 1.38. The second kappa shape index (κ2) is 5.16. The molecule has 0 bridgehead atoms. The van der Waals surface area contributed by atoms with Crippen LogP contribution in [0.4, 0.5) is 0 Å². The number of carbonyl (C=O) groups is 1. The topological polar surface area (TPSA) is 45.5 Å². The van der Waals surface area contributed by atoms with Gasteiger partial charge in [-0.1, -0.05) is 6.92 Å². The fourth-order valence-corrected chi connectivity index (χ4v) is 1.99. The molecule has 1 saturated heterocycles. The summed E-state index contributed by atoms with van der Waals surface area (Å²) in [5.74, 6) is 1.05. The first-order valence-electron chi connectivity index (χ1n) is 5.86. The minimum atomic E-state index is 0.00918. The lowest BCUT2D eigenvalue weighted by atomic mass is 10.2. The predicted molar refractivity (Wildman–Crippen MR) is 60.8 cm³/mol. The lowest BCUT2D eigenvalue weighted by Crippen LogP contribution is -2.38. The molecule has 88 valence electrons. The first-order chi connectivity index (χ1) is 7.81. The molecule has 1 unspecified atom stereocenters. The van der Waals surface area contributed by atoms with Crippen LogP contribution in [0.25, 0.3) is 0 Å². The third kappa shape index (κ3) is 2.44. The van der Waals surface area contributed by atoms with Gasteiger partial charge in [-0.2, -0.15) is 0 Å². The van der Waals surface area contributed by atoms with E-state index in [0.29, 0.717) is 6.54 Å². The van der Waals surface area contributed by atoms with E-state index < -0.39 is 0 Å². The minimum Gasteiger partial charge on any atom is -0.467 e. The molecule has 2 rings (SSSR count). The first-order valence-corrected chi connectivity index (χ1v) is 5.86. The molecule has 4 heteroatoms. The highest BCUT2D eigenvalue weighted by atomic mass is 16.3. The van der Waals surface area contributed by atoms with E-state index in [1.165, 1.54) is 0 Å². The summed E-state index contributed by atoms with van der Waals surface area (Å²) in [4.78, 5) is 13.8. The van der Waals surface area contributed by atoms with Gasteiger partial charge in [-0.15, -0.1) is 0 Å². The highest BCUT2D eigenvalue weighted by molar-refractivity contribution is 5.83. The fourth-order valence-electron chi connectivity index (χ4n) is 1.99. The van der Waals surface area contributed by atoms with E-state index in [0.717, 1.165) is 31.7 Å². The van der Waals surface area contributed by atoms with Crippen LogP contribution in [0.2, 0.25) is 0 Å². The van der Waals surface area contributed by atoms with E-state index in [4.69, 9.17) is 4.42 Å². The maximum absolute atomic E-state index is 12.0. The smallest absolute Gasteiger partial charge is 0.240 e. The third-order valence-corrected chi connectivity index (χ3v) is 2.86. The Kier molecular flexibility index (Phi) is 3.62. The number of furan rings is 1. The zero-order valence-electron chi connectivity index (χ0n) is 9.61. The van der Waals surface area contributed by atoms with E-state index >= 15 is 0 Å². The summed E-state index contributed by atoms with van der Waals surface area (Å²) in [5, 5.41) is 3.27. The second-order valence-electron chi connectivity index (χ2n) is 4.13. The molecule has 2 heterocycles. The molecule has 1 amide bonds. The van der Waals surface area contributed by atoms with Crippen molar-refractivity contribution in [2.75, 3.05) is 13.1 Å². The van der Waals surface area contributed by atoms with Crippen LogP contribution in [0.3, 0.4) is 0 Å². The van der Waals surface area contributed by atoms with E-state index in [1.807, 2.05) is 17.0 Å². The zero-order chi connectivity index (χ0) is 11.4. The van der Waals surface area contributed by atoms with Crippen LogP contribution in [0, 0.1) is 0 Å². The van der Waals surface area contributed by atoms with Gasteiger partial charge in [0.2, 0.25) is 5.91 Å². The number of amides is 1. The van der Waals surface area contributed by atoms with Crippen LogP contribution >= 0.6 is 0 Å². The summed E-state index contributed by atoms with van der Waals surface area (Å²) >= 11 is 0. The lowest BCUT2D eigenvalue weighted by Gasteiger charge is -2.15. The summed E-state index contributed by atoms with van der Waals surface area (Å²) in [6.07, 6.45) is 3.60. The summed E-state index contributed by atoms with van der Waals surface area (Å²) in [5.41, 5.74) is 0. The van der Waals surface area contributed by atoms with Crippen LogP contribution in [-0.2, 0) is 11.3 Å². The Hall–Kier alpha value is -1.29. The number of nitrogens with one attached hydrogen (secondary N) is 1. The second-order valence-corrected chi connectivity index (χ2v) is 4.13. The summed E-state index contributed by atoms with van der Waals surface area (Å²) < 4.78 is 5.25. The van der Waals surface area contributed by atoms with E-state index in [9.17, 15) is 4.79 Å². The monoisotopic (exact) mass is 222 g/mol. The van der Waals surface area contributed by atoms with E-state index in [1.54, 1.807) is 6.26 Å². The molecule has 1 aromatic rings. The molecule has 1 aliphatic rings. The van der Waals surface area contributed by atoms with Gasteiger partial charge in [0.25, 0.3) is 0 Å². The van der Waals surface area contributed by atoms with Gasteiger partial charge in [-0.3, -0.25) is 4.79 Å². The highest BCUT2D eigenvalue weighted by Crippen LogP contribution is 2.15. The molecule has 4 nitrogen and oxygen atoms in total. The van der Waals surface area contributed by atoms with Crippen molar-refractivity contribution < 1.29 is 9.21 Å². The number of hydrogen-bond donors (Lipinski definition) is 1. The molecule has 1 aromatic heterocycles. The molecule has 0 aliphatic carbocycles. The number of hydrogen-bond acceptors (Lipinski definition) is 3. The molecule has 16 heavy (non-hydrogen) atoms. The maximum atomic E-state index is 12.0. The molecule has 1 atom stereocenters. The van der Waals surface area contributed by atoms with Gasteiger partial charge < -0.3 is 14.6 Å². The minimum absolute atomic E-state index is 0.00918. The molecule has 0 spiro atoms.